The van der Waals surface area contributed by atoms with Crippen LogP contribution in [0.1, 0.15) is 18.1 Å². The maximum absolute atomic E-state index is 14.5. The maximum Gasteiger partial charge on any atom is 0.410 e. The largest absolute Gasteiger partial charge is 0.445 e. The van der Waals surface area contributed by atoms with Gasteiger partial charge in [0.15, 0.2) is 0 Å². The second-order valence-corrected chi connectivity index (χ2v) is 7.58. The van der Waals surface area contributed by atoms with Crippen LogP contribution >= 0.6 is 15.9 Å². The Kier molecular flexibility index (Phi) is 5.63. The number of rotatable bonds is 4. The van der Waals surface area contributed by atoms with Crippen molar-refractivity contribution in [2.75, 3.05) is 20.1 Å². The van der Waals surface area contributed by atoms with Crippen molar-refractivity contribution >= 4 is 22.0 Å². The number of hydrogen-bond donors (Lipinski definition) is 1. The molecule has 26 heavy (non-hydrogen) atoms. The van der Waals surface area contributed by atoms with E-state index in [0.717, 1.165) is 10.0 Å². The topological polar surface area (TPSA) is 41.6 Å². The van der Waals surface area contributed by atoms with E-state index in [1.807, 2.05) is 37.3 Å². The van der Waals surface area contributed by atoms with Crippen LogP contribution in [0.4, 0.5) is 9.18 Å². The molecule has 2 atom stereocenters. The minimum Gasteiger partial charge on any atom is -0.445 e. The molecule has 0 aromatic heterocycles. The number of hydrogen-bond acceptors (Lipinski definition) is 3. The Morgan fingerprint density at radius 2 is 2.08 bits per heavy atom. The van der Waals surface area contributed by atoms with Crippen LogP contribution in [0.2, 0.25) is 0 Å². The fraction of sp³-hybridized carbons (Fsp3) is 0.350. The SMILES string of the molecule is CNC1(c2cc(Br)ccc2F)CN(C(=O)OCc2ccccc2)CC1C. The average Bonchev–Trinajstić information content (AvgIpc) is 3.00. The molecule has 138 valence electrons. The lowest BCUT2D eigenvalue weighted by atomic mass is 9.81. The number of benzene rings is 2. The lowest BCUT2D eigenvalue weighted by molar-refractivity contribution is 0.101. The number of nitrogens with zero attached hydrogens (tertiary/aromatic N) is 1. The Balaban J connectivity index is 1.76. The van der Waals surface area contributed by atoms with E-state index < -0.39 is 5.54 Å². The fourth-order valence-corrected chi connectivity index (χ4v) is 3.97. The molecule has 3 rings (SSSR count). The van der Waals surface area contributed by atoms with Gasteiger partial charge in [0.25, 0.3) is 0 Å². The van der Waals surface area contributed by atoms with E-state index in [0.29, 0.717) is 18.7 Å². The second-order valence-electron chi connectivity index (χ2n) is 6.67. The standard InChI is InChI=1S/C20H22BrFN2O2/c1-14-11-24(19(25)26-12-15-6-4-3-5-7-15)13-20(14,23-2)17-10-16(21)8-9-18(17)22/h3-10,14,23H,11-13H2,1-2H3. The predicted octanol–water partition coefficient (Wildman–Crippen LogP) is 4.29. The summed E-state index contributed by atoms with van der Waals surface area (Å²) in [7, 11) is 1.80. The summed E-state index contributed by atoms with van der Waals surface area (Å²) in [5.74, 6) is -0.255. The van der Waals surface area contributed by atoms with Gasteiger partial charge >= 0.3 is 6.09 Å². The van der Waals surface area contributed by atoms with E-state index in [9.17, 15) is 9.18 Å². The predicted molar refractivity (Wildman–Crippen MR) is 102 cm³/mol. The van der Waals surface area contributed by atoms with Gasteiger partial charge in [-0.2, -0.15) is 0 Å². The number of carbonyl (C=O) groups is 1. The van der Waals surface area contributed by atoms with Crippen molar-refractivity contribution in [2.45, 2.75) is 19.1 Å². The first kappa shape index (κ1) is 18.9. The minimum atomic E-state index is -0.653. The van der Waals surface area contributed by atoms with Crippen molar-refractivity contribution < 1.29 is 13.9 Å². The van der Waals surface area contributed by atoms with Crippen LogP contribution in [-0.2, 0) is 16.9 Å². The number of amides is 1. The zero-order valence-corrected chi connectivity index (χ0v) is 16.4. The third-order valence-electron chi connectivity index (χ3n) is 5.09. The normalized spacial score (nSPS) is 22.5. The second kappa shape index (κ2) is 7.76. The number of carbonyl (C=O) groups excluding carboxylic acids is 1. The summed E-state index contributed by atoms with van der Waals surface area (Å²) in [4.78, 5) is 14.2. The summed E-state index contributed by atoms with van der Waals surface area (Å²) in [5, 5.41) is 3.26. The summed E-state index contributed by atoms with van der Waals surface area (Å²) in [6.45, 7) is 3.09. The molecule has 1 heterocycles. The van der Waals surface area contributed by atoms with Gasteiger partial charge in [0, 0.05) is 23.1 Å². The number of halogens is 2. The smallest absolute Gasteiger partial charge is 0.410 e. The average molecular weight is 421 g/mol. The van der Waals surface area contributed by atoms with E-state index >= 15 is 0 Å². The molecule has 2 unspecified atom stereocenters. The van der Waals surface area contributed by atoms with Crippen molar-refractivity contribution in [3.05, 3.63) is 69.9 Å². The van der Waals surface area contributed by atoms with Gasteiger partial charge in [0.2, 0.25) is 0 Å². The monoisotopic (exact) mass is 420 g/mol. The highest BCUT2D eigenvalue weighted by molar-refractivity contribution is 9.10. The van der Waals surface area contributed by atoms with E-state index in [1.165, 1.54) is 6.07 Å². The Bertz CT molecular complexity index is 787. The van der Waals surface area contributed by atoms with Crippen LogP contribution in [-0.4, -0.2) is 31.1 Å². The molecule has 1 saturated heterocycles. The quantitative estimate of drug-likeness (QED) is 0.801. The van der Waals surface area contributed by atoms with Gasteiger partial charge in [-0.1, -0.05) is 53.2 Å². The van der Waals surface area contributed by atoms with Gasteiger partial charge in [-0.15, -0.1) is 0 Å². The Labute approximate surface area is 161 Å². The molecule has 4 nitrogen and oxygen atoms in total. The molecule has 2 aromatic carbocycles. The van der Waals surface area contributed by atoms with Crippen LogP contribution < -0.4 is 5.32 Å². The number of likely N-dealkylation sites (tertiary alicyclic amines) is 1. The molecule has 2 aromatic rings. The highest BCUT2D eigenvalue weighted by Gasteiger charge is 2.47. The Morgan fingerprint density at radius 3 is 2.77 bits per heavy atom. The molecular weight excluding hydrogens is 399 g/mol. The van der Waals surface area contributed by atoms with Gasteiger partial charge in [0.1, 0.15) is 12.4 Å². The highest BCUT2D eigenvalue weighted by atomic mass is 79.9. The zero-order valence-electron chi connectivity index (χ0n) is 14.8. The summed E-state index contributed by atoms with van der Waals surface area (Å²) >= 11 is 3.41. The molecule has 0 bridgehead atoms. The van der Waals surface area contributed by atoms with Crippen molar-refractivity contribution in [3.8, 4) is 0 Å². The molecule has 0 spiro atoms. The lowest BCUT2D eigenvalue weighted by Gasteiger charge is -2.33. The number of likely N-dealkylation sites (N-methyl/N-ethyl adjacent to an activating group) is 1. The van der Waals surface area contributed by atoms with Crippen molar-refractivity contribution in [3.63, 3.8) is 0 Å². The fourth-order valence-electron chi connectivity index (χ4n) is 3.61. The molecule has 0 radical (unpaired) electrons. The third kappa shape index (κ3) is 3.62. The van der Waals surface area contributed by atoms with E-state index in [2.05, 4.69) is 21.2 Å². The van der Waals surface area contributed by atoms with Crippen LogP contribution in [0, 0.1) is 11.7 Å². The number of ether oxygens (including phenoxy) is 1. The molecule has 0 saturated carbocycles. The van der Waals surface area contributed by atoms with Gasteiger partial charge in [-0.05, 0) is 36.7 Å². The summed E-state index contributed by atoms with van der Waals surface area (Å²) < 4.78 is 20.8. The molecule has 0 aliphatic carbocycles. The van der Waals surface area contributed by atoms with Gasteiger partial charge in [-0.3, -0.25) is 0 Å². The van der Waals surface area contributed by atoms with E-state index in [1.54, 1.807) is 24.1 Å². The summed E-state index contributed by atoms with van der Waals surface area (Å²) in [6, 6.07) is 14.5. The van der Waals surface area contributed by atoms with Crippen LogP contribution in [0.3, 0.4) is 0 Å². The van der Waals surface area contributed by atoms with E-state index in [-0.39, 0.29) is 24.4 Å². The molecule has 1 N–H and O–H groups in total. The molecule has 1 aliphatic heterocycles. The number of nitrogens with one attached hydrogen (secondary N) is 1. The summed E-state index contributed by atoms with van der Waals surface area (Å²) in [5.41, 5.74) is 0.839. The minimum absolute atomic E-state index is 0.0283. The van der Waals surface area contributed by atoms with E-state index in [4.69, 9.17) is 4.74 Å². The zero-order chi connectivity index (χ0) is 18.7. The molecule has 6 heteroatoms. The van der Waals surface area contributed by atoms with Crippen molar-refractivity contribution in [1.29, 1.82) is 0 Å². The highest BCUT2D eigenvalue weighted by Crippen LogP contribution is 2.39. The third-order valence-corrected chi connectivity index (χ3v) is 5.59. The molecule has 1 aliphatic rings. The Morgan fingerprint density at radius 1 is 1.35 bits per heavy atom. The molecular formula is C20H22BrFN2O2. The van der Waals surface area contributed by atoms with Crippen molar-refractivity contribution in [1.82, 2.24) is 10.2 Å². The molecule has 1 amide bonds. The van der Waals surface area contributed by atoms with Crippen LogP contribution in [0.5, 0.6) is 0 Å². The van der Waals surface area contributed by atoms with Gasteiger partial charge in [-0.25, -0.2) is 9.18 Å². The maximum atomic E-state index is 14.5. The Hall–Kier alpha value is -1.92. The van der Waals surface area contributed by atoms with Gasteiger partial charge < -0.3 is 15.0 Å². The first-order valence-electron chi connectivity index (χ1n) is 8.56. The first-order valence-corrected chi connectivity index (χ1v) is 9.35. The van der Waals surface area contributed by atoms with Crippen LogP contribution in [0.25, 0.3) is 0 Å². The van der Waals surface area contributed by atoms with Gasteiger partial charge in [0.05, 0.1) is 5.54 Å². The summed E-state index contributed by atoms with van der Waals surface area (Å²) in [6.07, 6.45) is -0.381. The lowest BCUT2D eigenvalue weighted by Crippen LogP contribution is -2.47. The van der Waals surface area contributed by atoms with Crippen LogP contribution in [0.15, 0.2) is 53.0 Å². The molecule has 1 fully saturated rings. The first-order chi connectivity index (χ1) is 12.5. The van der Waals surface area contributed by atoms with Crippen molar-refractivity contribution in [2.24, 2.45) is 5.92 Å².